The minimum atomic E-state index is -0.499. The highest BCUT2D eigenvalue weighted by Gasteiger charge is 2.35. The maximum Gasteiger partial charge on any atom is 0.0897 e. The fourth-order valence-corrected chi connectivity index (χ4v) is 2.12. The molecule has 0 bridgehead atoms. The van der Waals surface area contributed by atoms with Crippen LogP contribution in [0.1, 0.15) is 24.8 Å². The van der Waals surface area contributed by atoms with Crippen molar-refractivity contribution in [2.24, 2.45) is 0 Å². The van der Waals surface area contributed by atoms with Crippen molar-refractivity contribution in [1.82, 2.24) is 0 Å². The zero-order valence-corrected chi connectivity index (χ0v) is 8.91. The Morgan fingerprint density at radius 3 is 2.58 bits per heavy atom. The van der Waals surface area contributed by atoms with E-state index in [1.165, 1.54) is 3.57 Å². The van der Waals surface area contributed by atoms with E-state index < -0.39 is 5.60 Å². The minimum Gasteiger partial charge on any atom is -0.385 e. The van der Waals surface area contributed by atoms with Crippen LogP contribution in [0.2, 0.25) is 0 Å². The molecule has 0 aliphatic heterocycles. The smallest absolute Gasteiger partial charge is 0.0897 e. The van der Waals surface area contributed by atoms with E-state index in [0.29, 0.717) is 0 Å². The third-order valence-electron chi connectivity index (χ3n) is 2.54. The molecule has 0 heterocycles. The summed E-state index contributed by atoms with van der Waals surface area (Å²) < 4.78 is 1.20. The summed E-state index contributed by atoms with van der Waals surface area (Å²) in [6, 6.07) is 8.14. The molecule has 0 amide bonds. The standard InChI is InChI=1S/C10H11IO/c11-9-4-1-3-8(7-9)10(12)5-2-6-10/h1,3-4,7,12H,2,5-6H2. The van der Waals surface area contributed by atoms with Crippen LogP contribution in [0.5, 0.6) is 0 Å². The van der Waals surface area contributed by atoms with Crippen LogP contribution < -0.4 is 0 Å². The third-order valence-corrected chi connectivity index (χ3v) is 3.21. The van der Waals surface area contributed by atoms with Crippen LogP contribution in [0, 0.1) is 3.57 Å². The van der Waals surface area contributed by atoms with Gasteiger partial charge in [0.2, 0.25) is 0 Å². The van der Waals surface area contributed by atoms with E-state index in [1.54, 1.807) is 0 Å². The van der Waals surface area contributed by atoms with Crippen molar-refractivity contribution < 1.29 is 5.11 Å². The Kier molecular flexibility index (Phi) is 2.12. The van der Waals surface area contributed by atoms with E-state index in [0.717, 1.165) is 24.8 Å². The second-order valence-corrected chi connectivity index (χ2v) is 4.64. The quantitative estimate of drug-likeness (QED) is 0.780. The van der Waals surface area contributed by atoms with Gasteiger partial charge in [0.05, 0.1) is 5.60 Å². The summed E-state index contributed by atoms with van der Waals surface area (Å²) in [5.74, 6) is 0. The predicted molar refractivity (Wildman–Crippen MR) is 56.9 cm³/mol. The van der Waals surface area contributed by atoms with Gasteiger partial charge in [0.25, 0.3) is 0 Å². The lowest BCUT2D eigenvalue weighted by molar-refractivity contribution is -0.0388. The third kappa shape index (κ3) is 1.38. The van der Waals surface area contributed by atoms with Crippen LogP contribution in [0.15, 0.2) is 24.3 Å². The van der Waals surface area contributed by atoms with Gasteiger partial charge < -0.3 is 5.11 Å². The Morgan fingerprint density at radius 2 is 2.08 bits per heavy atom. The minimum absolute atomic E-state index is 0.499. The van der Waals surface area contributed by atoms with Gasteiger partial charge in [-0.1, -0.05) is 12.1 Å². The lowest BCUT2D eigenvalue weighted by atomic mass is 9.75. The average molecular weight is 274 g/mol. The Bertz CT molecular complexity index is 292. The van der Waals surface area contributed by atoms with Crippen molar-refractivity contribution in [3.63, 3.8) is 0 Å². The molecule has 1 aromatic carbocycles. The lowest BCUT2D eigenvalue weighted by Gasteiger charge is -2.37. The fraction of sp³-hybridized carbons (Fsp3) is 0.400. The molecule has 0 saturated heterocycles. The highest BCUT2D eigenvalue weighted by Crippen LogP contribution is 2.41. The number of hydrogen-bond acceptors (Lipinski definition) is 1. The van der Waals surface area contributed by atoms with Crippen molar-refractivity contribution in [2.45, 2.75) is 24.9 Å². The summed E-state index contributed by atoms with van der Waals surface area (Å²) in [5.41, 5.74) is 0.585. The molecule has 64 valence electrons. The van der Waals surface area contributed by atoms with Crippen LogP contribution in [-0.4, -0.2) is 5.11 Å². The van der Waals surface area contributed by atoms with Gasteiger partial charge in [-0.25, -0.2) is 0 Å². The molecule has 0 spiro atoms. The summed E-state index contributed by atoms with van der Waals surface area (Å²) in [5, 5.41) is 10.0. The maximum absolute atomic E-state index is 10.0. The molecule has 0 radical (unpaired) electrons. The van der Waals surface area contributed by atoms with Gasteiger partial charge in [-0.3, -0.25) is 0 Å². The molecule has 1 aliphatic rings. The van der Waals surface area contributed by atoms with Gasteiger partial charge in [-0.05, 0) is 59.5 Å². The molecule has 2 rings (SSSR count). The molecule has 2 heteroatoms. The van der Waals surface area contributed by atoms with Gasteiger partial charge in [0, 0.05) is 3.57 Å². The van der Waals surface area contributed by atoms with E-state index in [9.17, 15) is 5.11 Å². The maximum atomic E-state index is 10.0. The number of rotatable bonds is 1. The summed E-state index contributed by atoms with van der Waals surface area (Å²) in [7, 11) is 0. The zero-order valence-electron chi connectivity index (χ0n) is 6.76. The van der Waals surface area contributed by atoms with E-state index in [-0.39, 0.29) is 0 Å². The molecule has 0 unspecified atom stereocenters. The second kappa shape index (κ2) is 3.00. The molecule has 0 aromatic heterocycles. The van der Waals surface area contributed by atoms with Gasteiger partial charge in [0.1, 0.15) is 0 Å². The van der Waals surface area contributed by atoms with Crippen LogP contribution >= 0.6 is 22.6 Å². The first-order valence-corrected chi connectivity index (χ1v) is 5.27. The van der Waals surface area contributed by atoms with Gasteiger partial charge in [-0.2, -0.15) is 0 Å². The van der Waals surface area contributed by atoms with E-state index >= 15 is 0 Å². The summed E-state index contributed by atoms with van der Waals surface area (Å²) in [4.78, 5) is 0. The van der Waals surface area contributed by atoms with Gasteiger partial charge >= 0.3 is 0 Å². The molecule has 12 heavy (non-hydrogen) atoms. The Balaban J connectivity index is 2.33. The van der Waals surface area contributed by atoms with Gasteiger partial charge in [0.15, 0.2) is 0 Å². The molecule has 1 nitrogen and oxygen atoms in total. The van der Waals surface area contributed by atoms with E-state index in [2.05, 4.69) is 28.7 Å². The van der Waals surface area contributed by atoms with Crippen molar-refractivity contribution in [3.8, 4) is 0 Å². The predicted octanol–water partition coefficient (Wildman–Crippen LogP) is 2.66. The number of benzene rings is 1. The largest absolute Gasteiger partial charge is 0.385 e. The van der Waals surface area contributed by atoms with Crippen molar-refractivity contribution >= 4 is 22.6 Å². The monoisotopic (exact) mass is 274 g/mol. The van der Waals surface area contributed by atoms with Crippen LogP contribution in [0.3, 0.4) is 0 Å². The summed E-state index contributed by atoms with van der Waals surface area (Å²) in [6.07, 6.45) is 3.00. The number of halogens is 1. The first-order chi connectivity index (χ1) is 5.71. The number of hydrogen-bond donors (Lipinski definition) is 1. The molecule has 1 N–H and O–H groups in total. The summed E-state index contributed by atoms with van der Waals surface area (Å²) in [6.45, 7) is 0. The van der Waals surface area contributed by atoms with Crippen LogP contribution in [0.25, 0.3) is 0 Å². The molecule has 1 aromatic rings. The Morgan fingerprint density at radius 1 is 1.33 bits per heavy atom. The SMILES string of the molecule is OC1(c2cccc(I)c2)CCC1. The van der Waals surface area contributed by atoms with Crippen molar-refractivity contribution in [1.29, 1.82) is 0 Å². The van der Waals surface area contributed by atoms with Crippen LogP contribution in [-0.2, 0) is 5.60 Å². The highest BCUT2D eigenvalue weighted by molar-refractivity contribution is 14.1. The highest BCUT2D eigenvalue weighted by atomic mass is 127. The van der Waals surface area contributed by atoms with Crippen LogP contribution in [0.4, 0.5) is 0 Å². The molecule has 1 fully saturated rings. The zero-order chi connectivity index (χ0) is 8.60. The van der Waals surface area contributed by atoms with Crippen molar-refractivity contribution in [2.75, 3.05) is 0 Å². The molecule has 1 aliphatic carbocycles. The van der Waals surface area contributed by atoms with Gasteiger partial charge in [-0.15, -0.1) is 0 Å². The Labute approximate surface area is 85.9 Å². The normalized spacial score (nSPS) is 20.2. The first kappa shape index (κ1) is 8.51. The summed E-state index contributed by atoms with van der Waals surface area (Å²) >= 11 is 2.27. The van der Waals surface area contributed by atoms with Crippen molar-refractivity contribution in [3.05, 3.63) is 33.4 Å². The Hall–Kier alpha value is -0.0900. The molecule has 0 atom stereocenters. The molecular formula is C10H11IO. The second-order valence-electron chi connectivity index (χ2n) is 3.40. The first-order valence-electron chi connectivity index (χ1n) is 4.19. The molecular weight excluding hydrogens is 263 g/mol. The number of aliphatic hydroxyl groups is 1. The topological polar surface area (TPSA) is 20.2 Å². The van der Waals surface area contributed by atoms with E-state index in [4.69, 9.17) is 0 Å². The average Bonchev–Trinajstić information content (AvgIpc) is 2.00. The lowest BCUT2D eigenvalue weighted by Crippen LogP contribution is -2.33. The fourth-order valence-electron chi connectivity index (χ4n) is 1.58. The van der Waals surface area contributed by atoms with E-state index in [1.807, 2.05) is 18.2 Å². The molecule has 1 saturated carbocycles.